The van der Waals surface area contributed by atoms with E-state index in [1.807, 2.05) is 4.90 Å². The van der Waals surface area contributed by atoms with Crippen LogP contribution in [-0.4, -0.2) is 126 Å². The Kier molecular flexibility index (Phi) is 10.9. The highest BCUT2D eigenvalue weighted by atomic mass is 19.1. The average molecular weight is 800 g/mol. The summed E-state index contributed by atoms with van der Waals surface area (Å²) in [6.07, 6.45) is 12.8. The van der Waals surface area contributed by atoms with Gasteiger partial charge in [0.25, 0.3) is 0 Å². The molecule has 3 saturated heterocycles. The zero-order valence-electron chi connectivity index (χ0n) is 33.3. The Balaban J connectivity index is 1.18. The quantitative estimate of drug-likeness (QED) is 0.195. The molecule has 1 saturated carbocycles. The predicted octanol–water partition coefficient (Wildman–Crippen LogP) is 5.47. The van der Waals surface area contributed by atoms with Crippen molar-refractivity contribution in [2.24, 2.45) is 11.3 Å². The standard InChI is InChI=1S/C43H51F2N7O6/c1-5-29-31(44)10-9-27-20-28(53)21-30(33(27)29)36-35(45)37-34(39(47-36)56-4)38(52-18-19-57-24-42(2,55)23-52)49-40(48-37)58-25-43-13-6-8-32(43)51(15-7-14-43)22-26-11-16-50(17-12-26)41(54)46-3/h1,9-10,20-21,26,32,53,55H,6-8,11-19,22-25H2,2-4H3,(H,46,54)/t32?,42-,43?/m0/s1. The third kappa shape index (κ3) is 7.42. The van der Waals surface area contributed by atoms with E-state index < -0.39 is 17.2 Å². The number of amides is 2. The van der Waals surface area contributed by atoms with Gasteiger partial charge in [-0.2, -0.15) is 9.97 Å². The highest BCUT2D eigenvalue weighted by molar-refractivity contribution is 6.04. The molecule has 15 heteroatoms. The van der Waals surface area contributed by atoms with Crippen molar-refractivity contribution in [2.75, 3.05) is 78.1 Å². The smallest absolute Gasteiger partial charge is 0.319 e. The number of β-amino-alcohol motifs (C(OH)–C–C–N with tert-alkyl or cyclic N) is 1. The fourth-order valence-electron chi connectivity index (χ4n) is 9.91. The number of anilines is 1. The molecule has 58 heavy (non-hydrogen) atoms. The number of piperidine rings is 2. The first-order valence-electron chi connectivity index (χ1n) is 20.2. The Hall–Kier alpha value is -5.04. The molecule has 2 amide bonds. The van der Waals surface area contributed by atoms with Crippen LogP contribution in [0, 0.1) is 35.3 Å². The van der Waals surface area contributed by atoms with Gasteiger partial charge in [-0.3, -0.25) is 4.90 Å². The summed E-state index contributed by atoms with van der Waals surface area (Å²) in [6, 6.07) is 5.61. The summed E-state index contributed by atoms with van der Waals surface area (Å²) >= 11 is 0. The Morgan fingerprint density at radius 3 is 2.64 bits per heavy atom. The lowest BCUT2D eigenvalue weighted by molar-refractivity contribution is -0.0124. The number of fused-ring (bicyclic) bond motifs is 3. The molecule has 3 aliphatic heterocycles. The molecule has 0 spiro atoms. The first kappa shape index (κ1) is 39.8. The number of rotatable bonds is 8. The molecule has 8 rings (SSSR count). The number of nitrogens with one attached hydrogen (secondary N) is 1. The number of carbonyl (C=O) groups is 1. The third-order valence-corrected chi connectivity index (χ3v) is 12.6. The fraction of sp³-hybridized carbons (Fsp3) is 0.535. The van der Waals surface area contributed by atoms with E-state index in [0.717, 1.165) is 71.1 Å². The molecule has 4 fully saturated rings. The van der Waals surface area contributed by atoms with E-state index in [4.69, 9.17) is 30.6 Å². The second kappa shape index (κ2) is 16.0. The minimum Gasteiger partial charge on any atom is -0.508 e. The van der Waals surface area contributed by atoms with Gasteiger partial charge in [-0.25, -0.2) is 18.6 Å². The molecular formula is C43H51F2N7O6. The minimum absolute atomic E-state index is 0.0218. The largest absolute Gasteiger partial charge is 0.508 e. The van der Waals surface area contributed by atoms with Crippen molar-refractivity contribution in [1.29, 1.82) is 0 Å². The summed E-state index contributed by atoms with van der Waals surface area (Å²) in [4.78, 5) is 32.7. The summed E-state index contributed by atoms with van der Waals surface area (Å²) in [5.41, 5.74) is -1.88. The summed E-state index contributed by atoms with van der Waals surface area (Å²) in [5, 5.41) is 25.5. The number of pyridine rings is 1. The molecule has 2 aromatic heterocycles. The van der Waals surface area contributed by atoms with Crippen molar-refractivity contribution in [3.8, 4) is 41.2 Å². The number of aliphatic hydroxyl groups is 1. The fourth-order valence-corrected chi connectivity index (χ4v) is 9.91. The Morgan fingerprint density at radius 2 is 1.88 bits per heavy atom. The second-order valence-corrected chi connectivity index (χ2v) is 16.6. The van der Waals surface area contributed by atoms with E-state index in [2.05, 4.69) is 21.1 Å². The van der Waals surface area contributed by atoms with E-state index >= 15 is 8.78 Å². The van der Waals surface area contributed by atoms with Gasteiger partial charge >= 0.3 is 12.0 Å². The van der Waals surface area contributed by atoms with Crippen LogP contribution in [0.25, 0.3) is 32.9 Å². The highest BCUT2D eigenvalue weighted by Gasteiger charge is 2.49. The molecule has 0 bridgehead atoms. The lowest BCUT2D eigenvalue weighted by Crippen LogP contribution is -2.54. The Morgan fingerprint density at radius 1 is 1.09 bits per heavy atom. The van der Waals surface area contributed by atoms with Crippen molar-refractivity contribution in [3.63, 3.8) is 0 Å². The van der Waals surface area contributed by atoms with Gasteiger partial charge in [0.05, 0.1) is 39.0 Å². The molecule has 2 aromatic carbocycles. The maximum atomic E-state index is 17.4. The van der Waals surface area contributed by atoms with Crippen LogP contribution in [0.5, 0.6) is 17.6 Å². The summed E-state index contributed by atoms with van der Waals surface area (Å²) in [6.45, 7) is 6.26. The molecule has 2 unspecified atom stereocenters. The van der Waals surface area contributed by atoms with Crippen LogP contribution in [0.3, 0.4) is 0 Å². The maximum absolute atomic E-state index is 17.4. The zero-order valence-corrected chi connectivity index (χ0v) is 33.3. The zero-order chi connectivity index (χ0) is 40.8. The Labute approximate surface area is 336 Å². The number of hydrogen-bond donors (Lipinski definition) is 3. The van der Waals surface area contributed by atoms with Gasteiger partial charge in [0.2, 0.25) is 5.88 Å². The van der Waals surface area contributed by atoms with Crippen LogP contribution in [0.15, 0.2) is 24.3 Å². The van der Waals surface area contributed by atoms with Crippen LogP contribution in [0.4, 0.5) is 19.4 Å². The average Bonchev–Trinajstić information content (AvgIpc) is 3.57. The van der Waals surface area contributed by atoms with Crippen LogP contribution >= 0.6 is 0 Å². The van der Waals surface area contributed by atoms with Crippen molar-refractivity contribution >= 4 is 33.5 Å². The number of halogens is 2. The summed E-state index contributed by atoms with van der Waals surface area (Å²) in [7, 11) is 3.06. The number of urea groups is 1. The molecule has 3 atom stereocenters. The van der Waals surface area contributed by atoms with Gasteiger partial charge in [0, 0.05) is 55.6 Å². The molecule has 3 N–H and O–H groups in total. The monoisotopic (exact) mass is 799 g/mol. The van der Waals surface area contributed by atoms with Crippen LogP contribution in [0.2, 0.25) is 0 Å². The number of phenolic OH excluding ortho intramolecular Hbond substituents is 1. The first-order valence-corrected chi connectivity index (χ1v) is 20.2. The molecule has 4 aliphatic rings. The number of benzene rings is 2. The van der Waals surface area contributed by atoms with Crippen molar-refractivity contribution in [2.45, 2.75) is 63.5 Å². The normalized spacial score (nSPS) is 24.4. The molecule has 0 radical (unpaired) electrons. The predicted molar refractivity (Wildman–Crippen MR) is 215 cm³/mol. The summed E-state index contributed by atoms with van der Waals surface area (Å²) in [5.74, 6) is 1.37. The van der Waals surface area contributed by atoms with Crippen LogP contribution in [0.1, 0.15) is 57.4 Å². The molecule has 13 nitrogen and oxygen atoms in total. The van der Waals surface area contributed by atoms with Gasteiger partial charge in [-0.15, -0.1) is 6.42 Å². The van der Waals surface area contributed by atoms with Crippen molar-refractivity contribution in [1.82, 2.24) is 30.1 Å². The molecule has 5 heterocycles. The molecular weight excluding hydrogens is 749 g/mol. The van der Waals surface area contributed by atoms with Crippen molar-refractivity contribution < 1.29 is 38.0 Å². The van der Waals surface area contributed by atoms with E-state index in [1.165, 1.54) is 31.4 Å². The van der Waals surface area contributed by atoms with Crippen molar-refractivity contribution in [3.05, 3.63) is 41.5 Å². The van der Waals surface area contributed by atoms with E-state index in [1.54, 1.807) is 18.9 Å². The molecule has 1 aliphatic carbocycles. The highest BCUT2D eigenvalue weighted by Crippen LogP contribution is 2.49. The SMILES string of the molecule is C#Cc1c(F)ccc2cc(O)cc(-c3nc(OC)c4c(N5CCOC[C@@](C)(O)C5)nc(OCC56CCCC5N(CC5CCN(C(=O)NC)CC5)CCC6)nc4c3F)c12. The molecule has 4 aromatic rings. The van der Waals surface area contributed by atoms with E-state index in [-0.39, 0.29) is 87.8 Å². The van der Waals surface area contributed by atoms with E-state index in [0.29, 0.717) is 30.5 Å². The minimum atomic E-state index is -1.26. The van der Waals surface area contributed by atoms with Gasteiger partial charge in [-0.05, 0) is 81.5 Å². The number of methoxy groups -OCH3 is 1. The Bertz CT molecular complexity index is 2260. The second-order valence-electron chi connectivity index (χ2n) is 16.6. The number of hydrogen-bond acceptors (Lipinski definition) is 11. The van der Waals surface area contributed by atoms with Gasteiger partial charge in [0.1, 0.15) is 39.6 Å². The number of aromatic hydroxyl groups is 1. The van der Waals surface area contributed by atoms with Crippen LogP contribution < -0.4 is 19.7 Å². The van der Waals surface area contributed by atoms with Gasteiger partial charge < -0.3 is 39.5 Å². The number of ether oxygens (including phenoxy) is 3. The maximum Gasteiger partial charge on any atom is 0.319 e. The number of carbonyl (C=O) groups excluding carboxylic acids is 1. The number of aromatic nitrogens is 3. The first-order chi connectivity index (χ1) is 27.9. The number of terminal acetylenes is 1. The van der Waals surface area contributed by atoms with Crippen LogP contribution in [-0.2, 0) is 4.74 Å². The molecule has 308 valence electrons. The number of likely N-dealkylation sites (tertiary alicyclic amines) is 2. The van der Waals surface area contributed by atoms with Gasteiger partial charge in [0.15, 0.2) is 5.82 Å². The number of nitrogens with zero attached hydrogens (tertiary/aromatic N) is 6. The number of phenols is 1. The lowest BCUT2D eigenvalue weighted by atomic mass is 9.75. The summed E-state index contributed by atoms with van der Waals surface area (Å²) < 4.78 is 50.6. The lowest BCUT2D eigenvalue weighted by Gasteiger charge is -2.47. The van der Waals surface area contributed by atoms with Gasteiger partial charge in [-0.1, -0.05) is 18.4 Å². The topological polar surface area (TPSA) is 146 Å². The van der Waals surface area contributed by atoms with E-state index in [9.17, 15) is 15.0 Å². The third-order valence-electron chi connectivity index (χ3n) is 12.6.